The van der Waals surface area contributed by atoms with E-state index in [9.17, 15) is 0 Å². The molecule has 0 N–H and O–H groups in total. The number of pyridine rings is 2. The van der Waals surface area contributed by atoms with E-state index in [0.717, 1.165) is 16.6 Å². The lowest BCUT2D eigenvalue weighted by Crippen LogP contribution is -1.90. The molecule has 0 bridgehead atoms. The molecule has 2 heterocycles. The molecule has 3 heteroatoms. The Hall–Kier alpha value is -1.48. The third kappa shape index (κ3) is 1.65. The van der Waals surface area contributed by atoms with Gasteiger partial charge in [0.25, 0.3) is 0 Å². The standard InChI is InChI=1S/C10H10N2O/c1-13-7-8-5-10-9(12-6-8)3-2-4-11-10/h2-6H,7H2,1H3. The summed E-state index contributed by atoms with van der Waals surface area (Å²) in [6.07, 6.45) is 3.58. The van der Waals surface area contributed by atoms with Gasteiger partial charge in [0.2, 0.25) is 0 Å². The van der Waals surface area contributed by atoms with Crippen molar-refractivity contribution in [2.75, 3.05) is 7.11 Å². The van der Waals surface area contributed by atoms with Gasteiger partial charge in [0, 0.05) is 19.5 Å². The number of fused-ring (bicyclic) bond motifs is 1. The molecule has 0 saturated heterocycles. The summed E-state index contributed by atoms with van der Waals surface area (Å²) in [5, 5.41) is 0. The molecule has 0 fully saturated rings. The highest BCUT2D eigenvalue weighted by Gasteiger charge is 1.96. The summed E-state index contributed by atoms with van der Waals surface area (Å²) in [7, 11) is 1.67. The van der Waals surface area contributed by atoms with Gasteiger partial charge >= 0.3 is 0 Å². The summed E-state index contributed by atoms with van der Waals surface area (Å²) in [6, 6.07) is 5.82. The van der Waals surface area contributed by atoms with E-state index >= 15 is 0 Å². The fourth-order valence-electron chi connectivity index (χ4n) is 1.24. The Morgan fingerprint density at radius 2 is 2.23 bits per heavy atom. The predicted octanol–water partition coefficient (Wildman–Crippen LogP) is 1.78. The van der Waals surface area contributed by atoms with Crippen molar-refractivity contribution in [1.29, 1.82) is 0 Å². The van der Waals surface area contributed by atoms with Gasteiger partial charge in [-0.2, -0.15) is 0 Å². The Bertz CT molecular complexity index is 414. The first-order valence-corrected chi connectivity index (χ1v) is 4.09. The molecular formula is C10H10N2O. The number of hydrogen-bond donors (Lipinski definition) is 0. The average molecular weight is 174 g/mol. The lowest BCUT2D eigenvalue weighted by atomic mass is 10.2. The van der Waals surface area contributed by atoms with E-state index in [-0.39, 0.29) is 0 Å². The second-order valence-electron chi connectivity index (χ2n) is 2.82. The molecule has 0 aliphatic rings. The molecular weight excluding hydrogens is 164 g/mol. The van der Waals surface area contributed by atoms with E-state index < -0.39 is 0 Å². The second kappa shape index (κ2) is 3.49. The van der Waals surface area contributed by atoms with Gasteiger partial charge in [-0.25, -0.2) is 0 Å². The van der Waals surface area contributed by atoms with Crippen LogP contribution in [0.3, 0.4) is 0 Å². The molecule has 0 atom stereocenters. The summed E-state index contributed by atoms with van der Waals surface area (Å²) in [4.78, 5) is 8.46. The van der Waals surface area contributed by atoms with Crippen molar-refractivity contribution in [3.8, 4) is 0 Å². The third-order valence-corrected chi connectivity index (χ3v) is 1.82. The van der Waals surface area contributed by atoms with E-state index in [1.165, 1.54) is 0 Å². The minimum absolute atomic E-state index is 0.583. The van der Waals surface area contributed by atoms with Crippen molar-refractivity contribution in [2.45, 2.75) is 6.61 Å². The molecule has 0 spiro atoms. The molecule has 13 heavy (non-hydrogen) atoms. The molecule has 0 aliphatic heterocycles. The van der Waals surface area contributed by atoms with Crippen LogP contribution >= 0.6 is 0 Å². The van der Waals surface area contributed by atoms with Crippen molar-refractivity contribution in [3.63, 3.8) is 0 Å². The lowest BCUT2D eigenvalue weighted by Gasteiger charge is -2.00. The zero-order chi connectivity index (χ0) is 9.10. The third-order valence-electron chi connectivity index (χ3n) is 1.82. The van der Waals surface area contributed by atoms with Crippen LogP contribution in [0.4, 0.5) is 0 Å². The monoisotopic (exact) mass is 174 g/mol. The summed E-state index contributed by atoms with van der Waals surface area (Å²) in [6.45, 7) is 0.583. The normalized spacial score (nSPS) is 10.5. The minimum Gasteiger partial charge on any atom is -0.380 e. The number of nitrogens with zero attached hydrogens (tertiary/aromatic N) is 2. The molecule has 3 nitrogen and oxygen atoms in total. The van der Waals surface area contributed by atoms with Crippen LogP contribution in [0.15, 0.2) is 30.6 Å². The molecule has 2 aromatic rings. The summed E-state index contributed by atoms with van der Waals surface area (Å²) >= 11 is 0. The van der Waals surface area contributed by atoms with Crippen LogP contribution in [0.2, 0.25) is 0 Å². The maximum Gasteiger partial charge on any atom is 0.0890 e. The van der Waals surface area contributed by atoms with E-state index in [0.29, 0.717) is 6.61 Å². The molecule has 2 rings (SSSR count). The Morgan fingerprint density at radius 1 is 1.31 bits per heavy atom. The van der Waals surface area contributed by atoms with E-state index in [2.05, 4.69) is 9.97 Å². The number of ether oxygens (including phenoxy) is 1. The first-order valence-electron chi connectivity index (χ1n) is 4.09. The van der Waals surface area contributed by atoms with Crippen molar-refractivity contribution in [2.24, 2.45) is 0 Å². The fraction of sp³-hybridized carbons (Fsp3) is 0.200. The Labute approximate surface area is 76.4 Å². The van der Waals surface area contributed by atoms with Crippen molar-refractivity contribution in [3.05, 3.63) is 36.2 Å². The fourth-order valence-corrected chi connectivity index (χ4v) is 1.24. The summed E-state index contributed by atoms with van der Waals surface area (Å²) in [5.74, 6) is 0. The maximum atomic E-state index is 5.01. The van der Waals surface area contributed by atoms with E-state index in [4.69, 9.17) is 4.74 Å². The van der Waals surface area contributed by atoms with E-state index in [1.807, 2.05) is 24.4 Å². The van der Waals surface area contributed by atoms with Gasteiger partial charge in [-0.3, -0.25) is 9.97 Å². The van der Waals surface area contributed by atoms with Gasteiger partial charge in [0.05, 0.1) is 17.6 Å². The second-order valence-corrected chi connectivity index (χ2v) is 2.82. The van der Waals surface area contributed by atoms with Gasteiger partial charge in [-0.15, -0.1) is 0 Å². The number of methoxy groups -OCH3 is 1. The molecule has 0 radical (unpaired) electrons. The highest BCUT2D eigenvalue weighted by atomic mass is 16.5. The maximum absolute atomic E-state index is 5.01. The average Bonchev–Trinajstić information content (AvgIpc) is 2.18. The minimum atomic E-state index is 0.583. The van der Waals surface area contributed by atoms with E-state index in [1.54, 1.807) is 13.3 Å². The van der Waals surface area contributed by atoms with Crippen LogP contribution in [0, 0.1) is 0 Å². The summed E-state index contributed by atoms with van der Waals surface area (Å²) in [5.41, 5.74) is 2.88. The number of hydrogen-bond acceptors (Lipinski definition) is 3. The molecule has 66 valence electrons. The first-order chi connectivity index (χ1) is 6.40. The zero-order valence-corrected chi connectivity index (χ0v) is 7.40. The van der Waals surface area contributed by atoms with Crippen molar-refractivity contribution < 1.29 is 4.74 Å². The molecule has 0 aliphatic carbocycles. The van der Waals surface area contributed by atoms with Gasteiger partial charge in [0.15, 0.2) is 0 Å². The predicted molar refractivity (Wildman–Crippen MR) is 50.3 cm³/mol. The van der Waals surface area contributed by atoms with Crippen LogP contribution in [-0.2, 0) is 11.3 Å². The van der Waals surface area contributed by atoms with Crippen molar-refractivity contribution >= 4 is 11.0 Å². The highest BCUT2D eigenvalue weighted by molar-refractivity contribution is 5.73. The number of aromatic nitrogens is 2. The van der Waals surface area contributed by atoms with Crippen molar-refractivity contribution in [1.82, 2.24) is 9.97 Å². The van der Waals surface area contributed by atoms with Crippen LogP contribution in [0.5, 0.6) is 0 Å². The Kier molecular flexibility index (Phi) is 2.19. The molecule has 0 amide bonds. The highest BCUT2D eigenvalue weighted by Crippen LogP contribution is 2.10. The van der Waals surface area contributed by atoms with Gasteiger partial charge < -0.3 is 4.74 Å². The molecule has 2 aromatic heterocycles. The molecule has 0 aromatic carbocycles. The van der Waals surface area contributed by atoms with Crippen LogP contribution < -0.4 is 0 Å². The lowest BCUT2D eigenvalue weighted by molar-refractivity contribution is 0.184. The largest absolute Gasteiger partial charge is 0.380 e. The van der Waals surface area contributed by atoms with Gasteiger partial charge in [-0.05, 0) is 23.8 Å². The summed E-state index contributed by atoms with van der Waals surface area (Å²) < 4.78 is 5.01. The zero-order valence-electron chi connectivity index (χ0n) is 7.40. The Balaban J connectivity index is 2.49. The quantitative estimate of drug-likeness (QED) is 0.696. The van der Waals surface area contributed by atoms with Crippen LogP contribution in [0.1, 0.15) is 5.56 Å². The smallest absolute Gasteiger partial charge is 0.0890 e. The van der Waals surface area contributed by atoms with Gasteiger partial charge in [0.1, 0.15) is 0 Å². The Morgan fingerprint density at radius 3 is 3.08 bits per heavy atom. The molecule has 0 saturated carbocycles. The topological polar surface area (TPSA) is 35.0 Å². The van der Waals surface area contributed by atoms with Crippen LogP contribution in [-0.4, -0.2) is 17.1 Å². The van der Waals surface area contributed by atoms with Crippen LogP contribution in [0.25, 0.3) is 11.0 Å². The molecule has 0 unspecified atom stereocenters. The SMILES string of the molecule is COCc1cnc2cccnc2c1. The van der Waals surface area contributed by atoms with Gasteiger partial charge in [-0.1, -0.05) is 0 Å². The number of rotatable bonds is 2. The first kappa shape index (κ1) is 8.13.